The number of aromatic carboxylic acids is 1. The highest BCUT2D eigenvalue weighted by atomic mass is 19.4. The van der Waals surface area contributed by atoms with Crippen molar-refractivity contribution >= 4 is 5.97 Å². The molecule has 0 aliphatic carbocycles. The van der Waals surface area contributed by atoms with E-state index < -0.39 is 23.5 Å². The fourth-order valence-corrected chi connectivity index (χ4v) is 1.89. The zero-order chi connectivity index (χ0) is 15.8. The van der Waals surface area contributed by atoms with Gasteiger partial charge in [-0.25, -0.2) is 9.48 Å². The maximum absolute atomic E-state index is 13.0. The molecular weight excluding hydrogens is 291 g/mol. The van der Waals surface area contributed by atoms with Gasteiger partial charge < -0.3 is 5.11 Å². The average molecular weight is 303 g/mol. The normalized spacial score (nSPS) is 11.9. The number of carboxylic acids is 1. The Bertz CT molecular complexity index is 674. The second kappa shape index (κ2) is 5.19. The lowest BCUT2D eigenvalue weighted by Crippen LogP contribution is -2.19. The van der Waals surface area contributed by atoms with Crippen molar-refractivity contribution in [1.82, 2.24) is 24.8 Å². The molecule has 1 N–H and O–H groups in total. The summed E-state index contributed by atoms with van der Waals surface area (Å²) in [4.78, 5) is 10.8. The van der Waals surface area contributed by atoms with E-state index in [1.165, 1.54) is 4.68 Å². The smallest absolute Gasteiger partial charge is 0.435 e. The number of aromatic nitrogens is 5. The van der Waals surface area contributed by atoms with Crippen molar-refractivity contribution in [2.75, 3.05) is 0 Å². The van der Waals surface area contributed by atoms with Crippen LogP contribution in [-0.2, 0) is 26.2 Å². The molecule has 0 spiro atoms. The second-order valence-electron chi connectivity index (χ2n) is 4.35. The minimum atomic E-state index is -4.86. The van der Waals surface area contributed by atoms with Gasteiger partial charge in [0.2, 0.25) is 5.69 Å². The molecule has 2 rings (SSSR count). The van der Waals surface area contributed by atoms with Crippen LogP contribution in [0.15, 0.2) is 6.07 Å². The lowest BCUT2D eigenvalue weighted by Gasteiger charge is -2.10. The van der Waals surface area contributed by atoms with Crippen LogP contribution >= 0.6 is 0 Å². The molecule has 10 heteroatoms. The van der Waals surface area contributed by atoms with Gasteiger partial charge in [-0.15, -0.1) is 5.10 Å². The molecule has 0 radical (unpaired) electrons. The Labute approximate surface area is 117 Å². The molecule has 0 atom stereocenters. The Hall–Kier alpha value is -2.39. The standard InChI is InChI=1S/C11H12F3N5O2/c1-3-6-4-7(18(2)16-6)5-19-9(11(12,13)14)8(10(20)21)15-17-19/h4H,3,5H2,1-2H3,(H,20,21). The SMILES string of the molecule is CCc1cc(Cn2nnc(C(=O)O)c2C(F)(F)F)n(C)n1. The minimum absolute atomic E-state index is 0.265. The molecule has 0 bridgehead atoms. The summed E-state index contributed by atoms with van der Waals surface area (Å²) < 4.78 is 40.9. The summed E-state index contributed by atoms with van der Waals surface area (Å²) in [6.07, 6.45) is -4.22. The van der Waals surface area contributed by atoms with Gasteiger partial charge in [0.05, 0.1) is 17.9 Å². The molecule has 0 aromatic carbocycles. The lowest BCUT2D eigenvalue weighted by molar-refractivity contribution is -0.144. The first-order valence-electron chi connectivity index (χ1n) is 5.99. The quantitative estimate of drug-likeness (QED) is 0.921. The Morgan fingerprint density at radius 1 is 1.43 bits per heavy atom. The third-order valence-electron chi connectivity index (χ3n) is 2.91. The summed E-state index contributed by atoms with van der Waals surface area (Å²) >= 11 is 0. The van der Waals surface area contributed by atoms with Crippen LogP contribution < -0.4 is 0 Å². The summed E-state index contributed by atoms with van der Waals surface area (Å²) in [5.41, 5.74) is -1.30. The van der Waals surface area contributed by atoms with Crippen molar-refractivity contribution in [3.05, 3.63) is 28.8 Å². The molecule has 0 saturated carbocycles. The van der Waals surface area contributed by atoms with Crippen molar-refractivity contribution in [2.45, 2.75) is 26.1 Å². The second-order valence-corrected chi connectivity index (χ2v) is 4.35. The van der Waals surface area contributed by atoms with E-state index in [0.29, 0.717) is 16.8 Å². The maximum Gasteiger partial charge on any atom is 0.435 e. The van der Waals surface area contributed by atoms with Gasteiger partial charge in [-0.2, -0.15) is 18.3 Å². The van der Waals surface area contributed by atoms with Crippen molar-refractivity contribution in [3.8, 4) is 0 Å². The molecule has 21 heavy (non-hydrogen) atoms. The van der Waals surface area contributed by atoms with Crippen molar-refractivity contribution in [1.29, 1.82) is 0 Å². The summed E-state index contributed by atoms with van der Waals surface area (Å²) in [7, 11) is 1.59. The fraction of sp³-hybridized carbons (Fsp3) is 0.455. The number of halogens is 3. The van der Waals surface area contributed by atoms with E-state index in [4.69, 9.17) is 5.11 Å². The monoisotopic (exact) mass is 303 g/mol. The first-order chi connectivity index (χ1) is 9.74. The maximum atomic E-state index is 13.0. The summed E-state index contributed by atoms with van der Waals surface area (Å²) in [5, 5.41) is 19.3. The number of nitrogens with zero attached hydrogens (tertiary/aromatic N) is 5. The van der Waals surface area contributed by atoms with Gasteiger partial charge in [0.1, 0.15) is 0 Å². The van der Waals surface area contributed by atoms with Crippen molar-refractivity contribution in [2.24, 2.45) is 7.05 Å². The Balaban J connectivity index is 2.45. The third kappa shape index (κ3) is 2.88. The van der Waals surface area contributed by atoms with E-state index in [-0.39, 0.29) is 6.54 Å². The summed E-state index contributed by atoms with van der Waals surface area (Å²) in [5.74, 6) is -1.77. The van der Waals surface area contributed by atoms with Crippen molar-refractivity contribution < 1.29 is 23.1 Å². The topological polar surface area (TPSA) is 85.8 Å². The van der Waals surface area contributed by atoms with Gasteiger partial charge in [0, 0.05) is 7.05 Å². The van der Waals surface area contributed by atoms with Crippen LogP contribution in [0.5, 0.6) is 0 Å². The highest BCUT2D eigenvalue weighted by Gasteiger charge is 2.41. The van der Waals surface area contributed by atoms with Gasteiger partial charge in [0.25, 0.3) is 0 Å². The van der Waals surface area contributed by atoms with E-state index in [0.717, 1.165) is 5.69 Å². The van der Waals surface area contributed by atoms with Gasteiger partial charge in [0.15, 0.2) is 5.69 Å². The molecule has 0 amide bonds. The number of aryl methyl sites for hydroxylation is 2. The number of hydrogen-bond donors (Lipinski definition) is 1. The highest BCUT2D eigenvalue weighted by Crippen LogP contribution is 2.31. The molecule has 0 unspecified atom stereocenters. The average Bonchev–Trinajstić information content (AvgIpc) is 2.94. The predicted octanol–water partition coefficient (Wildman–Crippen LogP) is 1.34. The molecule has 2 aromatic heterocycles. The largest absolute Gasteiger partial charge is 0.476 e. The number of carbonyl (C=O) groups is 1. The molecule has 0 fully saturated rings. The Kier molecular flexibility index (Phi) is 3.71. The molecule has 114 valence electrons. The Morgan fingerprint density at radius 2 is 2.10 bits per heavy atom. The van der Waals surface area contributed by atoms with Crippen LogP contribution in [0.3, 0.4) is 0 Å². The highest BCUT2D eigenvalue weighted by molar-refractivity contribution is 5.86. The predicted molar refractivity (Wildman–Crippen MR) is 63.7 cm³/mol. The van der Waals surface area contributed by atoms with Crippen LogP contribution in [0.1, 0.15) is 34.5 Å². The molecule has 2 aromatic rings. The van der Waals surface area contributed by atoms with E-state index in [2.05, 4.69) is 15.4 Å². The van der Waals surface area contributed by atoms with Gasteiger partial charge in [-0.3, -0.25) is 4.68 Å². The number of carboxylic acid groups (broad SMARTS) is 1. The number of hydrogen-bond acceptors (Lipinski definition) is 4. The van der Waals surface area contributed by atoms with Gasteiger partial charge in [-0.05, 0) is 12.5 Å². The first-order valence-corrected chi connectivity index (χ1v) is 5.99. The van der Waals surface area contributed by atoms with Crippen LogP contribution in [0.4, 0.5) is 13.2 Å². The molecule has 0 aliphatic rings. The molecule has 7 nitrogen and oxygen atoms in total. The van der Waals surface area contributed by atoms with Gasteiger partial charge >= 0.3 is 12.1 Å². The molecule has 0 saturated heterocycles. The fourth-order valence-electron chi connectivity index (χ4n) is 1.89. The van der Waals surface area contributed by atoms with Crippen LogP contribution in [0, 0.1) is 0 Å². The van der Waals surface area contributed by atoms with E-state index in [1.807, 2.05) is 6.92 Å². The molecule has 2 heterocycles. The van der Waals surface area contributed by atoms with Crippen LogP contribution in [0.2, 0.25) is 0 Å². The number of rotatable bonds is 4. The Morgan fingerprint density at radius 3 is 2.57 bits per heavy atom. The molecule has 0 aliphatic heterocycles. The number of alkyl halides is 3. The summed E-state index contributed by atoms with van der Waals surface area (Å²) in [6.45, 7) is 1.60. The minimum Gasteiger partial charge on any atom is -0.476 e. The van der Waals surface area contributed by atoms with E-state index >= 15 is 0 Å². The zero-order valence-corrected chi connectivity index (χ0v) is 11.2. The molecular formula is C11H12F3N5O2. The van der Waals surface area contributed by atoms with E-state index in [1.54, 1.807) is 13.1 Å². The van der Waals surface area contributed by atoms with E-state index in [9.17, 15) is 18.0 Å². The third-order valence-corrected chi connectivity index (χ3v) is 2.91. The van der Waals surface area contributed by atoms with Crippen molar-refractivity contribution in [3.63, 3.8) is 0 Å². The summed E-state index contributed by atoms with van der Waals surface area (Å²) in [6, 6.07) is 1.64. The van der Waals surface area contributed by atoms with Crippen LogP contribution in [0.25, 0.3) is 0 Å². The lowest BCUT2D eigenvalue weighted by atomic mass is 10.3. The first kappa shape index (κ1) is 15.0. The zero-order valence-electron chi connectivity index (χ0n) is 11.2. The van der Waals surface area contributed by atoms with Crippen LogP contribution in [-0.4, -0.2) is 35.9 Å². The van der Waals surface area contributed by atoms with Gasteiger partial charge in [-0.1, -0.05) is 12.1 Å².